The first-order valence-corrected chi connectivity index (χ1v) is 6.66. The third kappa shape index (κ3) is 3.14. The summed E-state index contributed by atoms with van der Waals surface area (Å²) in [5, 5.41) is 15.2. The zero-order valence-corrected chi connectivity index (χ0v) is 10.3. The molecule has 0 aliphatic heterocycles. The highest BCUT2D eigenvalue weighted by atomic mass is 32.1. The van der Waals surface area contributed by atoms with Crippen LogP contribution in [0.4, 0.5) is 0 Å². The van der Waals surface area contributed by atoms with Crippen LogP contribution in [0, 0.1) is 11.3 Å². The number of hydrogen-bond acceptors (Lipinski definition) is 5. The van der Waals surface area contributed by atoms with E-state index in [0.29, 0.717) is 0 Å². The van der Waals surface area contributed by atoms with Gasteiger partial charge in [-0.25, -0.2) is 4.98 Å². The summed E-state index contributed by atoms with van der Waals surface area (Å²) >= 11 is 3.23. The summed E-state index contributed by atoms with van der Waals surface area (Å²) in [5.74, 6) is 0. The molecule has 3 nitrogen and oxygen atoms in total. The van der Waals surface area contributed by atoms with E-state index in [1.54, 1.807) is 22.7 Å². The first-order valence-electron chi connectivity index (χ1n) is 4.96. The molecule has 0 aliphatic rings. The van der Waals surface area contributed by atoms with Gasteiger partial charge >= 0.3 is 0 Å². The predicted molar refractivity (Wildman–Crippen MR) is 66.6 cm³/mol. The Hall–Kier alpha value is -1.22. The zero-order valence-electron chi connectivity index (χ0n) is 8.64. The van der Waals surface area contributed by atoms with E-state index in [1.807, 2.05) is 23.7 Å². The van der Waals surface area contributed by atoms with Crippen molar-refractivity contribution < 1.29 is 0 Å². The Labute approximate surface area is 102 Å². The molecule has 0 saturated carbocycles. The smallest absolute Gasteiger partial charge is 0.110 e. The van der Waals surface area contributed by atoms with E-state index in [9.17, 15) is 0 Å². The number of thiazole rings is 1. The van der Waals surface area contributed by atoms with Gasteiger partial charge in [0.25, 0.3) is 0 Å². The summed E-state index contributed by atoms with van der Waals surface area (Å²) in [4.78, 5) is 6.20. The Kier molecular flexibility index (Phi) is 4.05. The van der Waals surface area contributed by atoms with Crippen molar-refractivity contribution in [2.24, 2.45) is 0 Å². The van der Waals surface area contributed by atoms with Gasteiger partial charge in [0, 0.05) is 36.0 Å². The van der Waals surface area contributed by atoms with Crippen molar-refractivity contribution in [1.29, 1.82) is 5.26 Å². The first kappa shape index (κ1) is 11.3. The lowest BCUT2D eigenvalue weighted by molar-refractivity contribution is 0.692. The minimum atomic E-state index is 0.775. The highest BCUT2D eigenvalue weighted by Gasteiger charge is 1.99. The maximum absolute atomic E-state index is 8.68. The van der Waals surface area contributed by atoms with E-state index in [-0.39, 0.29) is 0 Å². The molecule has 2 aromatic rings. The number of nitrogens with zero attached hydrogens (tertiary/aromatic N) is 2. The quantitative estimate of drug-likeness (QED) is 0.828. The van der Waals surface area contributed by atoms with Crippen LogP contribution in [-0.4, -0.2) is 11.5 Å². The van der Waals surface area contributed by atoms with Gasteiger partial charge in [-0.1, -0.05) is 0 Å². The fourth-order valence-electron chi connectivity index (χ4n) is 1.32. The zero-order chi connectivity index (χ0) is 11.2. The van der Waals surface area contributed by atoms with Crippen molar-refractivity contribution in [2.45, 2.75) is 13.0 Å². The highest BCUT2D eigenvalue weighted by molar-refractivity contribution is 7.12. The summed E-state index contributed by atoms with van der Waals surface area (Å²) in [7, 11) is 0. The fourth-order valence-corrected chi connectivity index (χ4v) is 2.71. The van der Waals surface area contributed by atoms with Gasteiger partial charge in [-0.3, -0.25) is 0 Å². The lowest BCUT2D eigenvalue weighted by Crippen LogP contribution is -2.15. The normalized spacial score (nSPS) is 10.2. The average molecular weight is 249 g/mol. The van der Waals surface area contributed by atoms with Gasteiger partial charge in [0.05, 0.1) is 5.01 Å². The Morgan fingerprint density at radius 2 is 2.38 bits per heavy atom. The molecule has 0 amide bonds. The fraction of sp³-hybridized carbons (Fsp3) is 0.273. The first-order chi connectivity index (χ1) is 7.88. The molecule has 0 unspecified atom stereocenters. The molecule has 0 atom stereocenters. The Morgan fingerprint density at radius 1 is 1.44 bits per heavy atom. The number of thiophene rings is 1. The number of hydrogen-bond donors (Lipinski definition) is 1. The lowest BCUT2D eigenvalue weighted by atomic mass is 10.4. The second kappa shape index (κ2) is 5.75. The standard InChI is InChI=1S/C11H11N3S2/c12-7-9-1-2-10(16-9)8-13-4-3-11-14-5-6-15-11/h1-2,5-6,13H,3-4,8H2. The van der Waals surface area contributed by atoms with Gasteiger partial charge in [-0.15, -0.1) is 22.7 Å². The van der Waals surface area contributed by atoms with E-state index < -0.39 is 0 Å². The number of nitrogens with one attached hydrogen (secondary N) is 1. The predicted octanol–water partition coefficient (Wildman–Crippen LogP) is 2.41. The highest BCUT2D eigenvalue weighted by Crippen LogP contribution is 2.14. The van der Waals surface area contributed by atoms with Gasteiger partial charge in [0.1, 0.15) is 10.9 Å². The van der Waals surface area contributed by atoms with Crippen LogP contribution in [0.1, 0.15) is 14.8 Å². The van der Waals surface area contributed by atoms with Crippen LogP contribution in [0.3, 0.4) is 0 Å². The van der Waals surface area contributed by atoms with Gasteiger partial charge in [0.15, 0.2) is 0 Å². The second-order valence-corrected chi connectivity index (χ2v) is 5.38. The van der Waals surface area contributed by atoms with Crippen LogP contribution < -0.4 is 5.32 Å². The Bertz CT molecular complexity index is 468. The molecule has 2 heterocycles. The van der Waals surface area contributed by atoms with Crippen molar-refractivity contribution in [3.63, 3.8) is 0 Å². The molecule has 0 spiro atoms. The summed E-state index contributed by atoms with van der Waals surface area (Å²) in [5.41, 5.74) is 0. The monoisotopic (exact) mass is 249 g/mol. The molecule has 0 saturated heterocycles. The van der Waals surface area contributed by atoms with Crippen LogP contribution in [-0.2, 0) is 13.0 Å². The summed E-state index contributed by atoms with van der Waals surface area (Å²) in [6.45, 7) is 1.75. The van der Waals surface area contributed by atoms with Crippen molar-refractivity contribution in [3.05, 3.63) is 38.5 Å². The Morgan fingerprint density at radius 3 is 3.06 bits per heavy atom. The second-order valence-electron chi connectivity index (χ2n) is 3.23. The molecule has 5 heteroatoms. The van der Waals surface area contributed by atoms with Gasteiger partial charge in [0.2, 0.25) is 0 Å². The van der Waals surface area contributed by atoms with E-state index >= 15 is 0 Å². The van der Waals surface area contributed by atoms with Crippen LogP contribution in [0.5, 0.6) is 0 Å². The molecule has 0 aliphatic carbocycles. The summed E-state index contributed by atoms with van der Waals surface area (Å²) in [6, 6.07) is 6.01. The number of nitriles is 1. The maximum Gasteiger partial charge on any atom is 0.110 e. The van der Waals surface area contributed by atoms with Crippen molar-refractivity contribution in [1.82, 2.24) is 10.3 Å². The van der Waals surface area contributed by atoms with Gasteiger partial charge in [-0.2, -0.15) is 5.26 Å². The molecule has 2 rings (SSSR count). The molecule has 0 radical (unpaired) electrons. The molecule has 1 N–H and O–H groups in total. The van der Waals surface area contributed by atoms with Crippen molar-refractivity contribution in [2.75, 3.05) is 6.54 Å². The lowest BCUT2D eigenvalue weighted by Gasteiger charge is -2.00. The molecule has 0 aromatic carbocycles. The van der Waals surface area contributed by atoms with E-state index in [0.717, 1.165) is 29.4 Å². The van der Waals surface area contributed by atoms with Crippen LogP contribution in [0.15, 0.2) is 23.7 Å². The van der Waals surface area contributed by atoms with E-state index in [4.69, 9.17) is 5.26 Å². The largest absolute Gasteiger partial charge is 0.311 e. The molecular weight excluding hydrogens is 238 g/mol. The molecule has 0 bridgehead atoms. The van der Waals surface area contributed by atoms with Crippen molar-refractivity contribution >= 4 is 22.7 Å². The molecule has 0 fully saturated rings. The molecule has 2 aromatic heterocycles. The Balaban J connectivity index is 1.70. The molecular formula is C11H11N3S2. The van der Waals surface area contributed by atoms with Crippen LogP contribution >= 0.6 is 22.7 Å². The van der Waals surface area contributed by atoms with E-state index in [1.165, 1.54) is 4.88 Å². The van der Waals surface area contributed by atoms with Crippen LogP contribution in [0.25, 0.3) is 0 Å². The number of rotatable bonds is 5. The average Bonchev–Trinajstić information content (AvgIpc) is 2.95. The minimum absolute atomic E-state index is 0.775. The molecule has 16 heavy (non-hydrogen) atoms. The molecule has 82 valence electrons. The van der Waals surface area contributed by atoms with Gasteiger partial charge < -0.3 is 5.32 Å². The topological polar surface area (TPSA) is 48.7 Å². The third-order valence-electron chi connectivity index (χ3n) is 2.07. The maximum atomic E-state index is 8.68. The SMILES string of the molecule is N#Cc1ccc(CNCCc2nccs2)s1. The summed E-state index contributed by atoms with van der Waals surface area (Å²) < 4.78 is 0. The third-order valence-corrected chi connectivity index (χ3v) is 3.90. The van der Waals surface area contributed by atoms with Crippen LogP contribution in [0.2, 0.25) is 0 Å². The number of aromatic nitrogens is 1. The summed E-state index contributed by atoms with van der Waals surface area (Å²) in [6.07, 6.45) is 2.80. The van der Waals surface area contributed by atoms with Gasteiger partial charge in [-0.05, 0) is 12.1 Å². The van der Waals surface area contributed by atoms with Crippen molar-refractivity contribution in [3.8, 4) is 6.07 Å². The minimum Gasteiger partial charge on any atom is -0.311 e. The van der Waals surface area contributed by atoms with E-state index in [2.05, 4.69) is 16.4 Å².